The van der Waals surface area contributed by atoms with Crippen LogP contribution >= 0.6 is 11.6 Å². The van der Waals surface area contributed by atoms with Gasteiger partial charge in [-0.15, -0.1) is 0 Å². The van der Waals surface area contributed by atoms with Crippen LogP contribution in [0.25, 0.3) is 0 Å². The van der Waals surface area contributed by atoms with Crippen molar-refractivity contribution in [2.75, 3.05) is 5.32 Å². The van der Waals surface area contributed by atoms with E-state index in [0.29, 0.717) is 5.02 Å². The first kappa shape index (κ1) is 14.3. The molecule has 4 nitrogen and oxygen atoms in total. The van der Waals surface area contributed by atoms with Gasteiger partial charge in [-0.25, -0.2) is 0 Å². The van der Waals surface area contributed by atoms with Gasteiger partial charge < -0.3 is 5.32 Å². The molecular formula is C18H15ClN2O2. The largest absolute Gasteiger partial charge is 0.376 e. The maximum atomic E-state index is 11.4. The quantitative estimate of drug-likeness (QED) is 0.476. The van der Waals surface area contributed by atoms with Gasteiger partial charge in [-0.3, -0.25) is 10.1 Å². The summed E-state index contributed by atoms with van der Waals surface area (Å²) in [6.45, 7) is 0. The number of fused-ring (bicyclic) bond motifs is 3. The van der Waals surface area contributed by atoms with Gasteiger partial charge in [-0.2, -0.15) is 0 Å². The molecule has 3 atom stereocenters. The normalized spacial score (nSPS) is 24.7. The Kier molecular flexibility index (Phi) is 3.34. The van der Waals surface area contributed by atoms with Crippen LogP contribution in [0.15, 0.2) is 54.6 Å². The number of para-hydroxylation sites is 2. The molecule has 23 heavy (non-hydrogen) atoms. The highest BCUT2D eigenvalue weighted by Crippen LogP contribution is 2.52. The van der Waals surface area contributed by atoms with E-state index in [0.717, 1.165) is 17.7 Å². The summed E-state index contributed by atoms with van der Waals surface area (Å²) in [5, 5.41) is 15.5. The average Bonchev–Trinajstić information content (AvgIpc) is 3.04. The van der Waals surface area contributed by atoms with Crippen LogP contribution in [0, 0.1) is 16.0 Å². The summed E-state index contributed by atoms with van der Waals surface area (Å²) in [6.07, 6.45) is 5.26. The van der Waals surface area contributed by atoms with Gasteiger partial charge in [0.05, 0.1) is 27.2 Å². The number of hydrogen-bond donors (Lipinski definition) is 1. The third kappa shape index (κ3) is 2.21. The minimum atomic E-state index is -0.309. The molecule has 116 valence electrons. The predicted octanol–water partition coefficient (Wildman–Crippen LogP) is 5.07. The number of allylic oxidation sites excluding steroid dienone is 2. The lowest BCUT2D eigenvalue weighted by Gasteiger charge is -2.37. The smallest absolute Gasteiger partial charge is 0.274 e. The number of benzene rings is 2. The molecule has 1 heterocycles. The van der Waals surface area contributed by atoms with Crippen molar-refractivity contribution < 1.29 is 4.92 Å². The standard InChI is InChI=1S/C18H15ClN2O2/c19-15-9-4-8-13-11-6-3-7-12(11)17(20-18(13)15)14-5-1-2-10-16(14)21(22)23/h1-6,8-12,17,20H,7H2/t11-,12+,17-/m1/s1. The molecule has 0 saturated carbocycles. The fourth-order valence-electron chi connectivity index (χ4n) is 3.81. The van der Waals surface area contributed by atoms with E-state index >= 15 is 0 Å². The molecule has 0 fully saturated rings. The van der Waals surface area contributed by atoms with Crippen LogP contribution in [0.1, 0.15) is 29.5 Å². The van der Waals surface area contributed by atoms with Crippen LogP contribution in [0.2, 0.25) is 5.02 Å². The predicted molar refractivity (Wildman–Crippen MR) is 90.9 cm³/mol. The minimum absolute atomic E-state index is 0.121. The number of anilines is 1. The van der Waals surface area contributed by atoms with E-state index in [-0.39, 0.29) is 28.5 Å². The van der Waals surface area contributed by atoms with Gasteiger partial charge in [0.2, 0.25) is 0 Å². The summed E-state index contributed by atoms with van der Waals surface area (Å²) in [5.41, 5.74) is 2.95. The second-order valence-electron chi connectivity index (χ2n) is 6.00. The van der Waals surface area contributed by atoms with E-state index in [9.17, 15) is 10.1 Å². The van der Waals surface area contributed by atoms with Gasteiger partial charge in [0.15, 0.2) is 0 Å². The number of nitro groups is 1. The Morgan fingerprint density at radius 2 is 1.91 bits per heavy atom. The summed E-state index contributed by atoms with van der Waals surface area (Å²) >= 11 is 6.37. The van der Waals surface area contributed by atoms with Gasteiger partial charge in [-0.05, 0) is 24.0 Å². The monoisotopic (exact) mass is 326 g/mol. The molecular weight excluding hydrogens is 312 g/mol. The number of halogens is 1. The summed E-state index contributed by atoms with van der Waals surface area (Å²) in [4.78, 5) is 11.1. The molecule has 4 rings (SSSR count). The van der Waals surface area contributed by atoms with Crippen LogP contribution in [0.3, 0.4) is 0 Å². The van der Waals surface area contributed by atoms with Crippen molar-refractivity contribution in [3.8, 4) is 0 Å². The van der Waals surface area contributed by atoms with E-state index in [4.69, 9.17) is 11.6 Å². The molecule has 2 aromatic rings. The first-order valence-corrected chi connectivity index (χ1v) is 7.99. The summed E-state index contributed by atoms with van der Waals surface area (Å²) < 4.78 is 0. The Hall–Kier alpha value is -2.33. The summed E-state index contributed by atoms with van der Waals surface area (Å²) in [7, 11) is 0. The van der Waals surface area contributed by atoms with Crippen molar-refractivity contribution >= 4 is 23.0 Å². The maximum absolute atomic E-state index is 11.4. The number of nitro benzene ring substituents is 1. The van der Waals surface area contributed by atoms with Crippen molar-refractivity contribution in [2.45, 2.75) is 18.4 Å². The van der Waals surface area contributed by atoms with Crippen molar-refractivity contribution in [2.24, 2.45) is 5.92 Å². The van der Waals surface area contributed by atoms with Crippen molar-refractivity contribution in [1.82, 2.24) is 0 Å². The number of nitrogens with zero attached hydrogens (tertiary/aromatic N) is 1. The number of hydrogen-bond acceptors (Lipinski definition) is 3. The van der Waals surface area contributed by atoms with Crippen molar-refractivity contribution in [1.29, 1.82) is 0 Å². The van der Waals surface area contributed by atoms with Crippen molar-refractivity contribution in [3.05, 3.63) is 80.9 Å². The molecule has 0 radical (unpaired) electrons. The second-order valence-corrected chi connectivity index (χ2v) is 6.40. The van der Waals surface area contributed by atoms with E-state index < -0.39 is 0 Å². The molecule has 0 spiro atoms. The van der Waals surface area contributed by atoms with Crippen molar-refractivity contribution in [3.63, 3.8) is 0 Å². The number of rotatable bonds is 2. The Morgan fingerprint density at radius 1 is 1.13 bits per heavy atom. The Balaban J connectivity index is 1.86. The molecule has 1 N–H and O–H groups in total. The highest BCUT2D eigenvalue weighted by atomic mass is 35.5. The fourth-order valence-corrected chi connectivity index (χ4v) is 4.04. The maximum Gasteiger partial charge on any atom is 0.274 e. The minimum Gasteiger partial charge on any atom is -0.376 e. The molecule has 0 amide bonds. The van der Waals surface area contributed by atoms with E-state index in [1.54, 1.807) is 12.1 Å². The highest BCUT2D eigenvalue weighted by Gasteiger charge is 2.40. The SMILES string of the molecule is O=[N+]([O-])c1ccccc1[C@@H]1Nc2c(Cl)cccc2[C@@H]2C=CC[C@@H]21. The first-order valence-electron chi connectivity index (χ1n) is 7.61. The molecule has 0 bridgehead atoms. The molecule has 0 unspecified atom stereocenters. The third-order valence-electron chi connectivity index (χ3n) is 4.81. The second kappa shape index (κ2) is 5.39. The molecule has 1 aliphatic heterocycles. The third-order valence-corrected chi connectivity index (χ3v) is 5.13. The Bertz CT molecular complexity index is 818. The fraction of sp³-hybridized carbons (Fsp3) is 0.222. The molecule has 1 aliphatic carbocycles. The van der Waals surface area contributed by atoms with E-state index in [1.165, 1.54) is 5.56 Å². The lowest BCUT2D eigenvalue weighted by Crippen LogP contribution is -2.29. The van der Waals surface area contributed by atoms with Gasteiger partial charge in [0.1, 0.15) is 0 Å². The van der Waals surface area contributed by atoms with E-state index in [2.05, 4.69) is 23.5 Å². The van der Waals surface area contributed by atoms with E-state index in [1.807, 2.05) is 24.3 Å². The lowest BCUT2D eigenvalue weighted by molar-refractivity contribution is -0.385. The topological polar surface area (TPSA) is 55.2 Å². The Morgan fingerprint density at radius 3 is 2.74 bits per heavy atom. The van der Waals surface area contributed by atoms with Gasteiger partial charge in [0, 0.05) is 12.0 Å². The van der Waals surface area contributed by atoms with Crippen LogP contribution in [-0.4, -0.2) is 4.92 Å². The highest BCUT2D eigenvalue weighted by molar-refractivity contribution is 6.33. The molecule has 0 saturated heterocycles. The zero-order valence-electron chi connectivity index (χ0n) is 12.3. The van der Waals surface area contributed by atoms with Gasteiger partial charge >= 0.3 is 0 Å². The molecule has 2 aliphatic rings. The lowest BCUT2D eigenvalue weighted by atomic mass is 9.76. The van der Waals surface area contributed by atoms with Crippen LogP contribution in [0.4, 0.5) is 11.4 Å². The molecule has 2 aromatic carbocycles. The van der Waals surface area contributed by atoms with Crippen LogP contribution < -0.4 is 5.32 Å². The first-order chi connectivity index (χ1) is 11.2. The van der Waals surface area contributed by atoms with Crippen LogP contribution in [-0.2, 0) is 0 Å². The molecule has 5 heteroatoms. The van der Waals surface area contributed by atoms with Gasteiger partial charge in [0.25, 0.3) is 5.69 Å². The zero-order chi connectivity index (χ0) is 16.0. The average molecular weight is 327 g/mol. The summed E-state index contributed by atoms with van der Waals surface area (Å²) in [5.74, 6) is 0.511. The van der Waals surface area contributed by atoms with Crippen LogP contribution in [0.5, 0.6) is 0 Å². The molecule has 0 aromatic heterocycles. The van der Waals surface area contributed by atoms with Gasteiger partial charge in [-0.1, -0.05) is 54.1 Å². The Labute approximate surface area is 138 Å². The number of nitrogens with one attached hydrogen (secondary N) is 1. The summed E-state index contributed by atoms with van der Waals surface area (Å²) in [6, 6.07) is 12.7. The zero-order valence-corrected chi connectivity index (χ0v) is 13.0.